The number of aromatic nitrogens is 1. The number of aromatic amines is 1. The van der Waals surface area contributed by atoms with Crippen molar-refractivity contribution in [3.8, 4) is 0 Å². The molecule has 0 bridgehead atoms. The zero-order valence-corrected chi connectivity index (χ0v) is 18.1. The van der Waals surface area contributed by atoms with Crippen molar-refractivity contribution in [1.82, 2.24) is 15.2 Å². The smallest absolute Gasteiger partial charge is 0.229 e. The highest BCUT2D eigenvalue weighted by atomic mass is 16.1. The summed E-state index contributed by atoms with van der Waals surface area (Å²) >= 11 is 0. The molecule has 1 atom stereocenters. The molecular formula is C26H32N4O. The van der Waals surface area contributed by atoms with Crippen molar-refractivity contribution in [1.29, 1.82) is 0 Å². The Morgan fingerprint density at radius 3 is 2.61 bits per heavy atom. The summed E-state index contributed by atoms with van der Waals surface area (Å²) in [6, 6.07) is 19.1. The Bertz CT molecular complexity index is 1020. The van der Waals surface area contributed by atoms with Crippen molar-refractivity contribution in [3.63, 3.8) is 0 Å². The van der Waals surface area contributed by atoms with Crippen molar-refractivity contribution < 1.29 is 4.79 Å². The number of nitrogens with one attached hydrogen (secondary N) is 2. The normalized spacial score (nSPS) is 19.4. The van der Waals surface area contributed by atoms with Gasteiger partial charge in [-0.25, -0.2) is 0 Å². The van der Waals surface area contributed by atoms with Gasteiger partial charge < -0.3 is 15.2 Å². The van der Waals surface area contributed by atoms with Crippen LogP contribution in [0, 0.1) is 0 Å². The maximum absolute atomic E-state index is 12.9. The number of nitrogens with zero attached hydrogens (tertiary/aromatic N) is 2. The van der Waals surface area contributed by atoms with Gasteiger partial charge in [0.15, 0.2) is 0 Å². The molecule has 1 aliphatic carbocycles. The predicted molar refractivity (Wildman–Crippen MR) is 127 cm³/mol. The predicted octanol–water partition coefficient (Wildman–Crippen LogP) is 3.92. The standard InChI is InChI=1S/C26H32N4O/c31-26(23-12-6-11-22-21-10-4-5-13-24(21)28-25(22)23)27-14-7-15-29-16-18-30(19-17-29)20-8-2-1-3-9-20/h1-5,8-10,13,23,28H,6-7,11-12,14-19H2,(H,27,31)/t23-/m0/s1. The van der Waals surface area contributed by atoms with Gasteiger partial charge in [-0.15, -0.1) is 0 Å². The Balaban J connectivity index is 1.09. The number of hydrogen-bond donors (Lipinski definition) is 2. The topological polar surface area (TPSA) is 51.4 Å². The summed E-state index contributed by atoms with van der Waals surface area (Å²) in [5.74, 6) is 0.145. The number of piperazine rings is 1. The van der Waals surface area contributed by atoms with Crippen LogP contribution in [-0.2, 0) is 11.2 Å². The second-order valence-corrected chi connectivity index (χ2v) is 8.82. The average Bonchev–Trinajstić information content (AvgIpc) is 3.21. The van der Waals surface area contributed by atoms with Gasteiger partial charge >= 0.3 is 0 Å². The van der Waals surface area contributed by atoms with Crippen molar-refractivity contribution in [2.45, 2.75) is 31.6 Å². The van der Waals surface area contributed by atoms with Crippen LogP contribution in [0.25, 0.3) is 10.9 Å². The minimum atomic E-state index is -0.0365. The fourth-order valence-electron chi connectivity index (χ4n) is 5.18. The minimum Gasteiger partial charge on any atom is -0.369 e. The highest BCUT2D eigenvalue weighted by molar-refractivity contribution is 5.90. The average molecular weight is 417 g/mol. The van der Waals surface area contributed by atoms with E-state index in [1.165, 1.54) is 16.6 Å². The fourth-order valence-corrected chi connectivity index (χ4v) is 5.18. The van der Waals surface area contributed by atoms with E-state index in [-0.39, 0.29) is 11.8 Å². The molecule has 5 rings (SSSR count). The van der Waals surface area contributed by atoms with Gasteiger partial charge in [-0.1, -0.05) is 36.4 Å². The fraction of sp³-hybridized carbons (Fsp3) is 0.423. The van der Waals surface area contributed by atoms with Crippen LogP contribution in [0.4, 0.5) is 5.69 Å². The lowest BCUT2D eigenvalue weighted by Crippen LogP contribution is -2.47. The molecule has 2 heterocycles. The lowest BCUT2D eigenvalue weighted by atomic mass is 9.86. The van der Waals surface area contributed by atoms with Crippen LogP contribution in [0.5, 0.6) is 0 Å². The lowest BCUT2D eigenvalue weighted by Gasteiger charge is -2.36. The van der Waals surface area contributed by atoms with Gasteiger partial charge in [0.2, 0.25) is 5.91 Å². The van der Waals surface area contributed by atoms with E-state index in [0.717, 1.165) is 76.2 Å². The highest BCUT2D eigenvalue weighted by Gasteiger charge is 2.29. The van der Waals surface area contributed by atoms with Crippen molar-refractivity contribution in [2.75, 3.05) is 44.2 Å². The summed E-state index contributed by atoms with van der Waals surface area (Å²) in [6.45, 7) is 6.12. The van der Waals surface area contributed by atoms with E-state index < -0.39 is 0 Å². The number of anilines is 1. The van der Waals surface area contributed by atoms with Gasteiger partial charge in [-0.3, -0.25) is 9.69 Å². The Labute approximate surface area is 184 Å². The lowest BCUT2D eigenvalue weighted by molar-refractivity contribution is -0.122. The summed E-state index contributed by atoms with van der Waals surface area (Å²) in [4.78, 5) is 21.4. The number of carbonyl (C=O) groups excluding carboxylic acids is 1. The van der Waals surface area contributed by atoms with E-state index >= 15 is 0 Å². The monoisotopic (exact) mass is 416 g/mol. The zero-order chi connectivity index (χ0) is 21.0. The highest BCUT2D eigenvalue weighted by Crippen LogP contribution is 2.36. The minimum absolute atomic E-state index is 0.0365. The number of amides is 1. The third-order valence-electron chi connectivity index (χ3n) is 6.88. The Kier molecular flexibility index (Phi) is 5.94. The van der Waals surface area contributed by atoms with Gasteiger partial charge in [0.25, 0.3) is 0 Å². The first-order chi connectivity index (χ1) is 15.3. The first-order valence-electron chi connectivity index (χ1n) is 11.7. The van der Waals surface area contributed by atoms with Crippen molar-refractivity contribution in [3.05, 3.63) is 65.9 Å². The molecule has 2 aromatic carbocycles. The number of aryl methyl sites for hydroxylation is 1. The summed E-state index contributed by atoms with van der Waals surface area (Å²) in [7, 11) is 0. The number of para-hydroxylation sites is 2. The molecule has 1 aliphatic heterocycles. The molecule has 0 spiro atoms. The molecule has 3 aromatic rings. The molecule has 1 saturated heterocycles. The maximum atomic E-state index is 12.9. The summed E-state index contributed by atoms with van der Waals surface area (Å²) in [5.41, 5.74) is 4.96. The molecule has 162 valence electrons. The van der Waals surface area contributed by atoms with Crippen LogP contribution < -0.4 is 10.2 Å². The van der Waals surface area contributed by atoms with Crippen molar-refractivity contribution >= 4 is 22.5 Å². The number of carbonyl (C=O) groups is 1. The molecule has 1 fully saturated rings. The van der Waals surface area contributed by atoms with Gasteiger partial charge in [-0.05, 0) is 56.0 Å². The van der Waals surface area contributed by atoms with E-state index in [2.05, 4.69) is 74.7 Å². The second kappa shape index (κ2) is 9.15. The largest absolute Gasteiger partial charge is 0.369 e. The van der Waals surface area contributed by atoms with E-state index in [4.69, 9.17) is 0 Å². The molecule has 1 amide bonds. The molecule has 0 radical (unpaired) electrons. The third kappa shape index (κ3) is 4.33. The summed E-state index contributed by atoms with van der Waals surface area (Å²) in [6.07, 6.45) is 4.09. The van der Waals surface area contributed by atoms with Crippen LogP contribution in [0.15, 0.2) is 54.6 Å². The quantitative estimate of drug-likeness (QED) is 0.599. The van der Waals surface area contributed by atoms with Crippen LogP contribution >= 0.6 is 0 Å². The van der Waals surface area contributed by atoms with E-state index in [1.807, 2.05) is 0 Å². The SMILES string of the molecule is O=C(NCCCN1CCN(c2ccccc2)CC1)[C@H]1CCCc2c1[nH]c1ccccc21. The zero-order valence-electron chi connectivity index (χ0n) is 18.1. The number of H-pyrrole nitrogens is 1. The Morgan fingerprint density at radius 2 is 1.77 bits per heavy atom. The van der Waals surface area contributed by atoms with Crippen LogP contribution in [0.1, 0.15) is 36.4 Å². The maximum Gasteiger partial charge on any atom is 0.229 e. The van der Waals surface area contributed by atoms with E-state index in [0.29, 0.717) is 0 Å². The number of benzene rings is 2. The number of fused-ring (bicyclic) bond motifs is 3. The van der Waals surface area contributed by atoms with Crippen LogP contribution in [0.2, 0.25) is 0 Å². The Hall–Kier alpha value is -2.79. The first-order valence-corrected chi connectivity index (χ1v) is 11.7. The molecule has 5 heteroatoms. The van der Waals surface area contributed by atoms with Crippen LogP contribution in [-0.4, -0.2) is 55.1 Å². The first kappa shape index (κ1) is 20.1. The van der Waals surface area contributed by atoms with Crippen molar-refractivity contribution in [2.24, 2.45) is 0 Å². The molecule has 1 aromatic heterocycles. The number of rotatable bonds is 6. The molecule has 0 unspecified atom stereocenters. The molecule has 2 N–H and O–H groups in total. The van der Waals surface area contributed by atoms with E-state index in [1.54, 1.807) is 0 Å². The number of hydrogen-bond acceptors (Lipinski definition) is 3. The molecule has 0 saturated carbocycles. The van der Waals surface area contributed by atoms with Gasteiger partial charge in [0.05, 0.1) is 5.92 Å². The second-order valence-electron chi connectivity index (χ2n) is 8.82. The molecule has 5 nitrogen and oxygen atoms in total. The third-order valence-corrected chi connectivity index (χ3v) is 6.88. The summed E-state index contributed by atoms with van der Waals surface area (Å²) < 4.78 is 0. The Morgan fingerprint density at radius 1 is 1.00 bits per heavy atom. The molecule has 31 heavy (non-hydrogen) atoms. The molecule has 2 aliphatic rings. The van der Waals surface area contributed by atoms with Gasteiger partial charge in [-0.2, -0.15) is 0 Å². The van der Waals surface area contributed by atoms with Gasteiger partial charge in [0.1, 0.15) is 0 Å². The van der Waals surface area contributed by atoms with E-state index in [9.17, 15) is 4.79 Å². The van der Waals surface area contributed by atoms with Gasteiger partial charge in [0, 0.05) is 55.0 Å². The van der Waals surface area contributed by atoms with Crippen LogP contribution in [0.3, 0.4) is 0 Å². The summed E-state index contributed by atoms with van der Waals surface area (Å²) in [5, 5.41) is 4.50. The molecular weight excluding hydrogens is 384 g/mol.